The van der Waals surface area contributed by atoms with Crippen molar-refractivity contribution in [2.45, 2.75) is 11.4 Å². The second kappa shape index (κ2) is 6.91. The Hall–Kier alpha value is -1.90. The highest BCUT2D eigenvalue weighted by molar-refractivity contribution is 9.10. The van der Waals surface area contributed by atoms with Crippen molar-refractivity contribution in [3.8, 4) is 0 Å². The van der Waals surface area contributed by atoms with Crippen molar-refractivity contribution in [3.05, 3.63) is 58.6 Å². The highest BCUT2D eigenvalue weighted by Crippen LogP contribution is 2.20. The van der Waals surface area contributed by atoms with Gasteiger partial charge >= 0.3 is 6.03 Å². The molecule has 0 aromatic heterocycles. The number of hydrogen-bond donors (Lipinski definition) is 3. The highest BCUT2D eigenvalue weighted by Gasteiger charge is 2.08. The molecule has 0 aliphatic heterocycles. The quantitative estimate of drug-likeness (QED) is 0.755. The number of hydrogen-bond acceptors (Lipinski definition) is 3. The minimum atomic E-state index is -3.70. The number of rotatable bonds is 4. The monoisotopic (exact) mass is 383 g/mol. The lowest BCUT2D eigenvalue weighted by molar-refractivity contribution is 0.251. The van der Waals surface area contributed by atoms with Gasteiger partial charge in [-0.2, -0.15) is 0 Å². The summed E-state index contributed by atoms with van der Waals surface area (Å²) >= 11 is 3.34. The van der Waals surface area contributed by atoms with Crippen LogP contribution in [0.4, 0.5) is 10.5 Å². The van der Waals surface area contributed by atoms with E-state index in [4.69, 9.17) is 5.14 Å². The van der Waals surface area contributed by atoms with E-state index >= 15 is 0 Å². The number of carbonyl (C=O) groups is 1. The molecule has 0 saturated heterocycles. The molecule has 6 nitrogen and oxygen atoms in total. The highest BCUT2D eigenvalue weighted by atomic mass is 79.9. The van der Waals surface area contributed by atoms with Crippen LogP contribution in [-0.4, -0.2) is 14.4 Å². The Balaban J connectivity index is 1.93. The van der Waals surface area contributed by atoms with E-state index in [0.717, 1.165) is 10.0 Å². The molecule has 0 radical (unpaired) electrons. The van der Waals surface area contributed by atoms with Gasteiger partial charge in [0.1, 0.15) is 0 Å². The van der Waals surface area contributed by atoms with Crippen molar-refractivity contribution in [1.29, 1.82) is 0 Å². The predicted molar refractivity (Wildman–Crippen MR) is 87.8 cm³/mol. The molecule has 0 aliphatic carbocycles. The summed E-state index contributed by atoms with van der Waals surface area (Å²) in [6.45, 7) is 0.265. The fourth-order valence-corrected chi connectivity index (χ4v) is 2.61. The lowest BCUT2D eigenvalue weighted by atomic mass is 10.2. The lowest BCUT2D eigenvalue weighted by Crippen LogP contribution is -2.28. The van der Waals surface area contributed by atoms with Gasteiger partial charge in [-0.25, -0.2) is 18.4 Å². The van der Waals surface area contributed by atoms with Gasteiger partial charge in [-0.15, -0.1) is 0 Å². The normalized spacial score (nSPS) is 11.0. The standard InChI is InChI=1S/C14H14BrN3O3S/c15-12-3-1-2-4-13(12)18-14(19)17-9-10-5-7-11(8-6-10)22(16,20)21/h1-8H,9H2,(H2,16,20,21)(H2,17,18,19). The fraction of sp³-hybridized carbons (Fsp3) is 0.0714. The van der Waals surface area contributed by atoms with E-state index in [-0.39, 0.29) is 17.5 Å². The van der Waals surface area contributed by atoms with Crippen LogP contribution in [0.1, 0.15) is 5.56 Å². The first-order valence-electron chi connectivity index (χ1n) is 6.27. The summed E-state index contributed by atoms with van der Waals surface area (Å²) in [6.07, 6.45) is 0. The molecule has 0 heterocycles. The van der Waals surface area contributed by atoms with Gasteiger partial charge in [-0.1, -0.05) is 24.3 Å². The molecule has 0 fully saturated rings. The molecular weight excluding hydrogens is 370 g/mol. The molecule has 0 saturated carbocycles. The van der Waals surface area contributed by atoms with Crippen LogP contribution in [0.5, 0.6) is 0 Å². The van der Waals surface area contributed by atoms with E-state index in [1.54, 1.807) is 18.2 Å². The van der Waals surface area contributed by atoms with Crippen LogP contribution in [0.15, 0.2) is 57.9 Å². The molecule has 0 bridgehead atoms. The maximum Gasteiger partial charge on any atom is 0.319 e. The van der Waals surface area contributed by atoms with Crippen molar-refractivity contribution in [2.75, 3.05) is 5.32 Å². The molecule has 4 N–H and O–H groups in total. The minimum Gasteiger partial charge on any atom is -0.334 e. The second-order valence-electron chi connectivity index (χ2n) is 4.48. The first kappa shape index (κ1) is 16.5. The summed E-state index contributed by atoms with van der Waals surface area (Å²) in [5.41, 5.74) is 1.42. The van der Waals surface area contributed by atoms with Crippen LogP contribution in [0.2, 0.25) is 0 Å². The molecule has 116 valence electrons. The third-order valence-corrected chi connectivity index (χ3v) is 4.45. The zero-order chi connectivity index (χ0) is 16.2. The van der Waals surface area contributed by atoms with Crippen molar-refractivity contribution in [1.82, 2.24) is 5.32 Å². The van der Waals surface area contributed by atoms with E-state index in [1.807, 2.05) is 18.2 Å². The average molecular weight is 384 g/mol. The number of primary sulfonamides is 1. The molecule has 0 aliphatic rings. The predicted octanol–water partition coefficient (Wildman–Crippen LogP) is 2.42. The molecule has 0 unspecified atom stereocenters. The molecule has 2 amide bonds. The first-order valence-corrected chi connectivity index (χ1v) is 8.61. The zero-order valence-electron chi connectivity index (χ0n) is 11.4. The number of sulfonamides is 1. The topological polar surface area (TPSA) is 101 Å². The maximum absolute atomic E-state index is 11.8. The van der Waals surface area contributed by atoms with Gasteiger partial charge in [-0.3, -0.25) is 0 Å². The maximum atomic E-state index is 11.8. The van der Waals surface area contributed by atoms with Crippen LogP contribution >= 0.6 is 15.9 Å². The largest absolute Gasteiger partial charge is 0.334 e. The molecule has 2 aromatic rings. The molecular formula is C14H14BrN3O3S. The number of para-hydroxylation sites is 1. The van der Waals surface area contributed by atoms with E-state index in [2.05, 4.69) is 26.6 Å². The Morgan fingerprint density at radius 1 is 1.09 bits per heavy atom. The molecule has 2 rings (SSSR count). The van der Waals surface area contributed by atoms with Gasteiger partial charge in [0, 0.05) is 11.0 Å². The van der Waals surface area contributed by atoms with E-state index in [1.165, 1.54) is 12.1 Å². The summed E-state index contributed by atoms with van der Waals surface area (Å²) < 4.78 is 23.1. The number of nitrogens with two attached hydrogens (primary N) is 1. The number of amides is 2. The lowest BCUT2D eigenvalue weighted by Gasteiger charge is -2.09. The third kappa shape index (κ3) is 4.55. The molecule has 0 spiro atoms. The van der Waals surface area contributed by atoms with Gasteiger partial charge in [0.15, 0.2) is 0 Å². The Labute approximate surface area is 136 Å². The van der Waals surface area contributed by atoms with Crippen molar-refractivity contribution in [3.63, 3.8) is 0 Å². The smallest absolute Gasteiger partial charge is 0.319 e. The number of urea groups is 1. The van der Waals surface area contributed by atoms with Crippen molar-refractivity contribution >= 4 is 37.7 Å². The van der Waals surface area contributed by atoms with Crippen LogP contribution < -0.4 is 15.8 Å². The Morgan fingerprint density at radius 2 is 1.73 bits per heavy atom. The molecule has 0 atom stereocenters. The third-order valence-electron chi connectivity index (χ3n) is 2.83. The number of halogens is 1. The van der Waals surface area contributed by atoms with Gasteiger partial charge in [-0.05, 0) is 45.8 Å². The summed E-state index contributed by atoms with van der Waals surface area (Å²) in [4.78, 5) is 11.8. The van der Waals surface area contributed by atoms with E-state index < -0.39 is 10.0 Å². The number of carbonyl (C=O) groups excluding carboxylic acids is 1. The zero-order valence-corrected chi connectivity index (χ0v) is 13.8. The SMILES string of the molecule is NS(=O)(=O)c1ccc(CNC(=O)Nc2ccccc2Br)cc1. The Bertz CT molecular complexity index is 776. The Morgan fingerprint density at radius 3 is 2.32 bits per heavy atom. The van der Waals surface area contributed by atoms with Crippen LogP contribution in [0.25, 0.3) is 0 Å². The average Bonchev–Trinajstić information content (AvgIpc) is 2.47. The summed E-state index contributed by atoms with van der Waals surface area (Å²) in [7, 11) is -3.70. The summed E-state index contributed by atoms with van der Waals surface area (Å²) in [6, 6.07) is 12.9. The van der Waals surface area contributed by atoms with Gasteiger partial charge in [0.25, 0.3) is 0 Å². The first-order chi connectivity index (χ1) is 10.4. The number of anilines is 1. The fourth-order valence-electron chi connectivity index (χ4n) is 1.71. The van der Waals surface area contributed by atoms with Crippen LogP contribution in [-0.2, 0) is 16.6 Å². The summed E-state index contributed by atoms with van der Waals surface area (Å²) in [5.74, 6) is 0. The van der Waals surface area contributed by atoms with Gasteiger partial charge in [0.2, 0.25) is 10.0 Å². The van der Waals surface area contributed by atoms with Crippen molar-refractivity contribution in [2.24, 2.45) is 5.14 Å². The summed E-state index contributed by atoms with van der Waals surface area (Å²) in [5, 5.41) is 10.4. The minimum absolute atomic E-state index is 0.0360. The molecule has 2 aromatic carbocycles. The molecule has 8 heteroatoms. The van der Waals surface area contributed by atoms with Gasteiger partial charge in [0.05, 0.1) is 10.6 Å². The van der Waals surface area contributed by atoms with E-state index in [9.17, 15) is 13.2 Å². The molecule has 22 heavy (non-hydrogen) atoms. The van der Waals surface area contributed by atoms with Crippen LogP contribution in [0.3, 0.4) is 0 Å². The van der Waals surface area contributed by atoms with Crippen molar-refractivity contribution < 1.29 is 13.2 Å². The number of benzene rings is 2. The second-order valence-corrected chi connectivity index (χ2v) is 6.89. The number of nitrogens with one attached hydrogen (secondary N) is 2. The van der Waals surface area contributed by atoms with Crippen LogP contribution in [0, 0.1) is 0 Å². The van der Waals surface area contributed by atoms with Gasteiger partial charge < -0.3 is 10.6 Å². The Kier molecular flexibility index (Phi) is 5.17. The van der Waals surface area contributed by atoms with E-state index in [0.29, 0.717) is 5.69 Å².